The molecule has 0 aromatic heterocycles. The highest BCUT2D eigenvalue weighted by atomic mass is 16.6. The number of amides is 2. The van der Waals surface area contributed by atoms with Gasteiger partial charge >= 0.3 is 5.97 Å². The molecule has 0 unspecified atom stereocenters. The average Bonchev–Trinajstić information content (AvgIpc) is 3.09. The Bertz CT molecular complexity index is 769. The molecule has 4 atom stereocenters. The Morgan fingerprint density at radius 2 is 2.04 bits per heavy atom. The number of likely N-dealkylation sites (tertiary alicyclic amines) is 1. The van der Waals surface area contributed by atoms with Gasteiger partial charge in [0.1, 0.15) is 11.8 Å². The van der Waals surface area contributed by atoms with Gasteiger partial charge in [0.25, 0.3) is 17.4 Å². The molecular weight excluding hydrogens is 364 g/mol. The zero-order chi connectivity index (χ0) is 20.5. The molecule has 1 aromatic rings. The molecule has 2 aliphatic heterocycles. The maximum atomic E-state index is 12.9. The van der Waals surface area contributed by atoms with Crippen molar-refractivity contribution in [1.29, 1.82) is 0 Å². The van der Waals surface area contributed by atoms with Crippen molar-refractivity contribution in [3.05, 3.63) is 35.9 Å². The minimum Gasteiger partial charge on any atom is -0.450 e. The van der Waals surface area contributed by atoms with E-state index in [1.165, 1.54) is 11.8 Å². The van der Waals surface area contributed by atoms with Crippen molar-refractivity contribution in [2.24, 2.45) is 0 Å². The van der Waals surface area contributed by atoms with Gasteiger partial charge in [0, 0.05) is 26.6 Å². The van der Waals surface area contributed by atoms with Gasteiger partial charge in [0.2, 0.25) is 0 Å². The second-order valence-electron chi connectivity index (χ2n) is 7.28. The molecule has 2 amide bonds. The molecule has 2 aliphatic rings. The third-order valence-electron chi connectivity index (χ3n) is 5.36. The molecule has 0 spiro atoms. The van der Waals surface area contributed by atoms with Crippen LogP contribution in [-0.2, 0) is 35.1 Å². The zero-order valence-corrected chi connectivity index (χ0v) is 16.6. The van der Waals surface area contributed by atoms with E-state index in [4.69, 9.17) is 14.2 Å². The first-order chi connectivity index (χ1) is 13.2. The second-order valence-corrected chi connectivity index (χ2v) is 7.28. The number of benzene rings is 1. The van der Waals surface area contributed by atoms with Crippen molar-refractivity contribution in [1.82, 2.24) is 10.2 Å². The van der Waals surface area contributed by atoms with Gasteiger partial charge < -0.3 is 24.4 Å². The number of fused-ring (bicyclic) bond motifs is 2. The van der Waals surface area contributed by atoms with Crippen LogP contribution in [0.15, 0.2) is 30.3 Å². The monoisotopic (exact) mass is 390 g/mol. The fourth-order valence-corrected chi connectivity index (χ4v) is 3.66. The first-order valence-corrected chi connectivity index (χ1v) is 9.37. The highest BCUT2D eigenvalue weighted by molar-refractivity contribution is 6.10. The number of likely N-dealkylation sites (N-methyl/N-ethyl adjacent to an activating group) is 1. The Morgan fingerprint density at radius 1 is 1.36 bits per heavy atom. The second kappa shape index (κ2) is 7.52. The number of rotatable bonds is 7. The Hall–Kier alpha value is -2.45. The summed E-state index contributed by atoms with van der Waals surface area (Å²) < 4.78 is 16.8. The number of hydrogen-bond donors (Lipinski definition) is 1. The third-order valence-corrected chi connectivity index (χ3v) is 5.36. The quantitative estimate of drug-likeness (QED) is 0.551. The van der Waals surface area contributed by atoms with E-state index in [0.29, 0.717) is 19.6 Å². The molecule has 3 rings (SSSR count). The summed E-state index contributed by atoms with van der Waals surface area (Å²) in [6, 6.07) is 9.38. The molecule has 2 fully saturated rings. The minimum atomic E-state index is -1.87. The molecule has 0 radical (unpaired) electrons. The van der Waals surface area contributed by atoms with E-state index < -0.39 is 41.3 Å². The summed E-state index contributed by atoms with van der Waals surface area (Å²) >= 11 is 0. The van der Waals surface area contributed by atoms with Gasteiger partial charge in [-0.15, -0.1) is 0 Å². The summed E-state index contributed by atoms with van der Waals surface area (Å²) in [5, 5.41) is 2.72. The standard InChI is InChI=1S/C20H26N2O6/c1-5-26-15-11-19(3)22(4)17(24)20(15,28-19)18(25)27-13(2)16(23)21-12-14-9-7-6-8-10-14/h6-10,13,15H,5,11-12H2,1-4H3,(H,21,23)/t13-,15+,19+,20-/m0/s1. The van der Waals surface area contributed by atoms with Gasteiger partial charge in [-0.25, -0.2) is 4.79 Å². The van der Waals surface area contributed by atoms with Crippen molar-refractivity contribution in [3.63, 3.8) is 0 Å². The molecule has 8 nitrogen and oxygen atoms in total. The van der Waals surface area contributed by atoms with Gasteiger partial charge in [-0.3, -0.25) is 9.59 Å². The topological polar surface area (TPSA) is 94.2 Å². The molecule has 1 aromatic carbocycles. The molecule has 8 heteroatoms. The lowest BCUT2D eigenvalue weighted by Crippen LogP contribution is -2.60. The van der Waals surface area contributed by atoms with Crippen molar-refractivity contribution >= 4 is 17.8 Å². The summed E-state index contributed by atoms with van der Waals surface area (Å²) in [7, 11) is 1.58. The Balaban J connectivity index is 1.68. The van der Waals surface area contributed by atoms with Crippen molar-refractivity contribution < 1.29 is 28.6 Å². The summed E-state index contributed by atoms with van der Waals surface area (Å²) in [5.41, 5.74) is -1.88. The Kier molecular flexibility index (Phi) is 5.45. The van der Waals surface area contributed by atoms with Crippen LogP contribution in [0.5, 0.6) is 0 Å². The predicted octanol–water partition coefficient (Wildman–Crippen LogP) is 0.987. The number of carbonyl (C=O) groups excluding carboxylic acids is 3. The molecular formula is C20H26N2O6. The summed E-state index contributed by atoms with van der Waals surface area (Å²) in [6.45, 7) is 5.60. The minimum absolute atomic E-state index is 0.310. The smallest absolute Gasteiger partial charge is 0.352 e. The van der Waals surface area contributed by atoms with Gasteiger partial charge in [-0.1, -0.05) is 30.3 Å². The normalized spacial score (nSPS) is 29.6. The number of hydrogen-bond acceptors (Lipinski definition) is 6. The number of nitrogens with zero attached hydrogens (tertiary/aromatic N) is 1. The van der Waals surface area contributed by atoms with Crippen molar-refractivity contribution in [3.8, 4) is 0 Å². The summed E-state index contributed by atoms with van der Waals surface area (Å²) in [5.74, 6) is -1.87. The maximum Gasteiger partial charge on any atom is 0.352 e. The molecule has 0 saturated carbocycles. The Labute approximate surface area is 164 Å². The summed E-state index contributed by atoms with van der Waals surface area (Å²) in [6.07, 6.45) is -1.48. The molecule has 152 valence electrons. The maximum absolute atomic E-state index is 12.9. The van der Waals surface area contributed by atoms with Gasteiger partial charge in [0.15, 0.2) is 6.10 Å². The zero-order valence-electron chi connectivity index (χ0n) is 16.6. The van der Waals surface area contributed by atoms with Gasteiger partial charge in [0.05, 0.1) is 0 Å². The van der Waals surface area contributed by atoms with Crippen LogP contribution < -0.4 is 5.32 Å². The first kappa shape index (κ1) is 20.3. The number of piperidine rings is 1. The predicted molar refractivity (Wildman–Crippen MR) is 98.9 cm³/mol. The number of esters is 1. The van der Waals surface area contributed by atoms with Crippen LogP contribution in [0.25, 0.3) is 0 Å². The van der Waals surface area contributed by atoms with Crippen molar-refractivity contribution in [2.75, 3.05) is 13.7 Å². The molecule has 1 N–H and O–H groups in total. The van der Waals surface area contributed by atoms with Crippen LogP contribution in [0.4, 0.5) is 0 Å². The number of ether oxygens (including phenoxy) is 3. The van der Waals surface area contributed by atoms with Gasteiger partial charge in [-0.05, 0) is 26.3 Å². The van der Waals surface area contributed by atoms with Crippen molar-refractivity contribution in [2.45, 2.75) is 57.3 Å². The number of nitrogens with one attached hydrogen (secondary N) is 1. The summed E-state index contributed by atoms with van der Waals surface area (Å²) in [4.78, 5) is 39.5. The van der Waals surface area contributed by atoms with E-state index in [-0.39, 0.29) is 0 Å². The van der Waals surface area contributed by atoms with E-state index in [1.54, 1.807) is 20.9 Å². The van der Waals surface area contributed by atoms with Crippen LogP contribution in [0.2, 0.25) is 0 Å². The highest BCUT2D eigenvalue weighted by Crippen LogP contribution is 2.49. The lowest BCUT2D eigenvalue weighted by atomic mass is 9.89. The van der Waals surface area contributed by atoms with Gasteiger partial charge in [-0.2, -0.15) is 0 Å². The van der Waals surface area contributed by atoms with Crippen LogP contribution >= 0.6 is 0 Å². The largest absolute Gasteiger partial charge is 0.450 e. The van der Waals surface area contributed by atoms with Crippen LogP contribution in [0, 0.1) is 0 Å². The van der Waals surface area contributed by atoms with E-state index in [9.17, 15) is 14.4 Å². The Morgan fingerprint density at radius 3 is 2.64 bits per heavy atom. The first-order valence-electron chi connectivity index (χ1n) is 9.37. The van der Waals surface area contributed by atoms with E-state index in [2.05, 4.69) is 5.32 Å². The average molecular weight is 390 g/mol. The van der Waals surface area contributed by atoms with E-state index in [0.717, 1.165) is 5.56 Å². The lowest BCUT2D eigenvalue weighted by molar-refractivity contribution is -0.186. The van der Waals surface area contributed by atoms with Crippen LogP contribution in [0.3, 0.4) is 0 Å². The fraction of sp³-hybridized carbons (Fsp3) is 0.550. The van der Waals surface area contributed by atoms with Crippen LogP contribution in [-0.4, -0.2) is 59.9 Å². The lowest BCUT2D eigenvalue weighted by Gasteiger charge is -2.34. The highest BCUT2D eigenvalue weighted by Gasteiger charge is 2.74. The number of carbonyl (C=O) groups is 3. The molecule has 2 bridgehead atoms. The third kappa shape index (κ3) is 3.27. The van der Waals surface area contributed by atoms with Crippen LogP contribution in [0.1, 0.15) is 32.8 Å². The fourth-order valence-electron chi connectivity index (χ4n) is 3.66. The van der Waals surface area contributed by atoms with E-state index in [1.807, 2.05) is 30.3 Å². The molecule has 0 aliphatic carbocycles. The SMILES string of the molecule is CCO[C@@H]1C[C@@]2(C)O[C@]1(C(=O)O[C@@H](C)C(=O)NCc1ccccc1)C(=O)N2C. The molecule has 2 heterocycles. The molecule has 2 saturated heterocycles. The molecule has 28 heavy (non-hydrogen) atoms. The van der Waals surface area contributed by atoms with E-state index >= 15 is 0 Å².